The summed E-state index contributed by atoms with van der Waals surface area (Å²) < 4.78 is 27.0. The fraction of sp³-hybridized carbons (Fsp3) is 0.545. The van der Waals surface area contributed by atoms with Gasteiger partial charge >= 0.3 is 5.97 Å². The van der Waals surface area contributed by atoms with Gasteiger partial charge in [-0.3, -0.25) is 0 Å². The van der Waals surface area contributed by atoms with Crippen molar-refractivity contribution in [3.05, 3.63) is 17.0 Å². The summed E-state index contributed by atoms with van der Waals surface area (Å²) in [5.74, 6) is 0.0550. The molecule has 4 nitrogen and oxygen atoms in total. The SMILES string of the molecule is CC(C)CCCOC(=O)c1csc(S(=O)(=O)Cl)c1. The first-order valence-corrected chi connectivity index (χ1v) is 8.70. The number of hydrogen-bond acceptors (Lipinski definition) is 5. The van der Waals surface area contributed by atoms with Crippen molar-refractivity contribution in [2.24, 2.45) is 5.92 Å². The van der Waals surface area contributed by atoms with Crippen LogP contribution in [0.1, 0.15) is 37.0 Å². The fourth-order valence-electron chi connectivity index (χ4n) is 1.29. The first-order valence-electron chi connectivity index (χ1n) is 5.51. The molecule has 0 saturated carbocycles. The maximum atomic E-state index is 11.6. The number of rotatable bonds is 6. The van der Waals surface area contributed by atoms with Crippen LogP contribution in [0.25, 0.3) is 0 Å². The van der Waals surface area contributed by atoms with E-state index in [9.17, 15) is 13.2 Å². The number of carbonyl (C=O) groups excluding carboxylic acids is 1. The van der Waals surface area contributed by atoms with E-state index >= 15 is 0 Å². The number of hydrogen-bond donors (Lipinski definition) is 0. The van der Waals surface area contributed by atoms with Gasteiger partial charge in [0.05, 0.1) is 12.2 Å². The lowest BCUT2D eigenvalue weighted by molar-refractivity contribution is 0.0495. The zero-order valence-electron chi connectivity index (χ0n) is 10.2. The molecule has 0 aliphatic rings. The number of ether oxygens (including phenoxy) is 1. The Labute approximate surface area is 115 Å². The quantitative estimate of drug-likeness (QED) is 0.459. The standard InChI is InChI=1S/C11H15ClO4S2/c1-8(2)4-3-5-16-11(13)9-6-10(17-7-9)18(12,14)15/h6-8H,3-5H2,1-2H3. The number of thiophene rings is 1. The summed E-state index contributed by atoms with van der Waals surface area (Å²) in [4.78, 5) is 11.6. The molecule has 0 aliphatic carbocycles. The zero-order chi connectivity index (χ0) is 13.8. The molecule has 102 valence electrons. The first kappa shape index (κ1) is 15.5. The molecular formula is C11H15ClO4S2. The van der Waals surface area contributed by atoms with Gasteiger partial charge in [-0.05, 0) is 24.8 Å². The Morgan fingerprint density at radius 3 is 2.67 bits per heavy atom. The predicted molar refractivity (Wildman–Crippen MR) is 71.7 cm³/mol. The Bertz CT molecular complexity index is 505. The predicted octanol–water partition coefficient (Wildman–Crippen LogP) is 3.27. The van der Waals surface area contributed by atoms with Crippen LogP contribution in [0.2, 0.25) is 0 Å². The summed E-state index contributed by atoms with van der Waals surface area (Å²) >= 11 is 0.908. The fourth-order valence-corrected chi connectivity index (χ4v) is 3.23. The Balaban J connectivity index is 2.50. The van der Waals surface area contributed by atoms with Gasteiger partial charge in [-0.25, -0.2) is 13.2 Å². The van der Waals surface area contributed by atoms with Crippen LogP contribution in [0.15, 0.2) is 15.7 Å². The van der Waals surface area contributed by atoms with E-state index in [1.54, 1.807) is 0 Å². The number of esters is 1. The van der Waals surface area contributed by atoms with Gasteiger partial charge in [0.15, 0.2) is 0 Å². The molecule has 0 radical (unpaired) electrons. The van der Waals surface area contributed by atoms with Crippen LogP contribution in [0.4, 0.5) is 0 Å². The maximum Gasteiger partial charge on any atom is 0.339 e. The Hall–Kier alpha value is -0.590. The van der Waals surface area contributed by atoms with Crippen LogP contribution in [-0.2, 0) is 13.8 Å². The molecule has 1 rings (SSSR count). The lowest BCUT2D eigenvalue weighted by atomic mass is 10.1. The van der Waals surface area contributed by atoms with Crippen molar-refractivity contribution in [3.63, 3.8) is 0 Å². The molecule has 0 atom stereocenters. The van der Waals surface area contributed by atoms with E-state index in [0.717, 1.165) is 24.2 Å². The van der Waals surface area contributed by atoms with Gasteiger partial charge in [0, 0.05) is 16.1 Å². The Morgan fingerprint density at radius 1 is 1.50 bits per heavy atom. The van der Waals surface area contributed by atoms with E-state index in [4.69, 9.17) is 15.4 Å². The average molecular weight is 311 g/mol. The molecule has 0 N–H and O–H groups in total. The molecule has 1 aromatic heterocycles. The molecule has 0 saturated heterocycles. The van der Waals surface area contributed by atoms with Crippen molar-refractivity contribution in [3.8, 4) is 0 Å². The lowest BCUT2D eigenvalue weighted by Gasteiger charge is -2.05. The van der Waals surface area contributed by atoms with E-state index in [2.05, 4.69) is 13.8 Å². The van der Waals surface area contributed by atoms with Crippen LogP contribution in [0.3, 0.4) is 0 Å². The summed E-state index contributed by atoms with van der Waals surface area (Å²) in [5, 5.41) is 1.43. The second kappa shape index (κ2) is 6.54. The Kier molecular flexibility index (Phi) is 5.62. The lowest BCUT2D eigenvalue weighted by Crippen LogP contribution is -2.06. The zero-order valence-corrected chi connectivity index (χ0v) is 12.6. The maximum absolute atomic E-state index is 11.6. The summed E-state index contributed by atoms with van der Waals surface area (Å²) in [6.45, 7) is 4.53. The molecule has 0 fully saturated rings. The van der Waals surface area contributed by atoms with Gasteiger partial charge in [-0.1, -0.05) is 13.8 Å². The van der Waals surface area contributed by atoms with E-state index in [-0.39, 0.29) is 9.77 Å². The van der Waals surface area contributed by atoms with Crippen LogP contribution in [0, 0.1) is 5.92 Å². The minimum absolute atomic E-state index is 0.0432. The van der Waals surface area contributed by atoms with Crippen molar-refractivity contribution < 1.29 is 17.9 Å². The summed E-state index contributed by atoms with van der Waals surface area (Å²) in [7, 11) is 1.40. The first-order chi connectivity index (χ1) is 8.30. The molecule has 18 heavy (non-hydrogen) atoms. The van der Waals surface area contributed by atoms with Gasteiger partial charge < -0.3 is 4.74 Å². The number of carbonyl (C=O) groups is 1. The molecule has 0 amide bonds. The minimum Gasteiger partial charge on any atom is -0.462 e. The number of halogens is 1. The van der Waals surface area contributed by atoms with Gasteiger partial charge in [0.2, 0.25) is 0 Å². The van der Waals surface area contributed by atoms with Crippen LogP contribution < -0.4 is 0 Å². The Morgan fingerprint density at radius 2 is 2.17 bits per heavy atom. The molecule has 0 bridgehead atoms. The summed E-state index contributed by atoms with van der Waals surface area (Å²) in [5.41, 5.74) is 0.226. The third kappa shape index (κ3) is 4.96. The van der Waals surface area contributed by atoms with E-state index < -0.39 is 15.0 Å². The van der Waals surface area contributed by atoms with E-state index in [1.807, 2.05) is 0 Å². The van der Waals surface area contributed by atoms with E-state index in [1.165, 1.54) is 11.4 Å². The highest BCUT2D eigenvalue weighted by atomic mass is 35.7. The molecular weight excluding hydrogens is 296 g/mol. The van der Waals surface area contributed by atoms with Gasteiger partial charge in [-0.2, -0.15) is 0 Å². The molecule has 0 unspecified atom stereocenters. The van der Waals surface area contributed by atoms with E-state index in [0.29, 0.717) is 12.5 Å². The second-order valence-corrected chi connectivity index (χ2v) is 7.97. The summed E-state index contributed by atoms with van der Waals surface area (Å²) in [6, 6.07) is 1.23. The monoisotopic (exact) mass is 310 g/mol. The van der Waals surface area contributed by atoms with Gasteiger partial charge in [-0.15, -0.1) is 11.3 Å². The molecule has 1 heterocycles. The minimum atomic E-state index is -3.77. The van der Waals surface area contributed by atoms with Crippen LogP contribution in [0.5, 0.6) is 0 Å². The van der Waals surface area contributed by atoms with Gasteiger partial charge in [0.25, 0.3) is 9.05 Å². The van der Waals surface area contributed by atoms with Crippen molar-refractivity contribution in [2.75, 3.05) is 6.61 Å². The van der Waals surface area contributed by atoms with Crippen molar-refractivity contribution >= 4 is 37.0 Å². The van der Waals surface area contributed by atoms with Gasteiger partial charge in [0.1, 0.15) is 4.21 Å². The third-order valence-corrected chi connectivity index (χ3v) is 5.25. The van der Waals surface area contributed by atoms with Crippen LogP contribution in [-0.4, -0.2) is 21.0 Å². The second-order valence-electron chi connectivity index (χ2n) is 4.26. The highest BCUT2D eigenvalue weighted by molar-refractivity contribution is 8.15. The molecule has 0 spiro atoms. The third-order valence-electron chi connectivity index (χ3n) is 2.21. The average Bonchev–Trinajstić information content (AvgIpc) is 2.72. The largest absolute Gasteiger partial charge is 0.462 e. The molecule has 0 aromatic carbocycles. The van der Waals surface area contributed by atoms with Crippen molar-refractivity contribution in [1.82, 2.24) is 0 Å². The van der Waals surface area contributed by atoms with Crippen LogP contribution >= 0.6 is 22.0 Å². The topological polar surface area (TPSA) is 60.4 Å². The molecule has 0 aliphatic heterocycles. The highest BCUT2D eigenvalue weighted by Gasteiger charge is 2.17. The smallest absolute Gasteiger partial charge is 0.339 e. The van der Waals surface area contributed by atoms with Crippen molar-refractivity contribution in [1.29, 1.82) is 0 Å². The van der Waals surface area contributed by atoms with Crippen molar-refractivity contribution in [2.45, 2.75) is 30.9 Å². The molecule has 1 aromatic rings. The summed E-state index contributed by atoms with van der Waals surface area (Å²) in [6.07, 6.45) is 1.78. The molecule has 7 heteroatoms. The highest BCUT2D eigenvalue weighted by Crippen LogP contribution is 2.24. The normalized spacial score (nSPS) is 11.8.